The Balaban J connectivity index is 0.00000144. The van der Waals surface area contributed by atoms with Gasteiger partial charge in [0.05, 0.1) is 6.04 Å². The zero-order chi connectivity index (χ0) is 9.14. The second-order valence-corrected chi connectivity index (χ2v) is 3.02. The fourth-order valence-corrected chi connectivity index (χ4v) is 1.20. The van der Waals surface area contributed by atoms with Gasteiger partial charge in [-0.15, -0.1) is 12.4 Å². The summed E-state index contributed by atoms with van der Waals surface area (Å²) >= 11 is 5.83. The lowest BCUT2D eigenvalue weighted by molar-refractivity contribution is -0.118. The molecule has 0 heterocycles. The van der Waals surface area contributed by atoms with Crippen molar-refractivity contribution in [2.75, 3.05) is 0 Å². The molecule has 0 amide bonds. The minimum absolute atomic E-state index is 0. The molecule has 0 aliphatic carbocycles. The third kappa shape index (κ3) is 2.99. The summed E-state index contributed by atoms with van der Waals surface area (Å²) in [4.78, 5) is 10.9. The molecule has 2 N–H and O–H groups in total. The maximum atomic E-state index is 10.9. The van der Waals surface area contributed by atoms with Crippen molar-refractivity contribution in [1.29, 1.82) is 0 Å². The average molecular weight is 220 g/mol. The highest BCUT2D eigenvalue weighted by molar-refractivity contribution is 6.31. The Morgan fingerprint density at radius 2 is 2.00 bits per heavy atom. The highest BCUT2D eigenvalue weighted by Gasteiger charge is 2.12. The van der Waals surface area contributed by atoms with Crippen molar-refractivity contribution in [2.45, 2.75) is 13.0 Å². The van der Waals surface area contributed by atoms with Crippen LogP contribution in [0.3, 0.4) is 0 Å². The first kappa shape index (κ1) is 12.4. The molecule has 1 atom stereocenters. The first-order valence-electron chi connectivity index (χ1n) is 3.63. The topological polar surface area (TPSA) is 43.1 Å². The Morgan fingerprint density at radius 1 is 1.46 bits per heavy atom. The molecule has 13 heavy (non-hydrogen) atoms. The van der Waals surface area contributed by atoms with Crippen LogP contribution in [-0.2, 0) is 4.79 Å². The van der Waals surface area contributed by atoms with E-state index >= 15 is 0 Å². The third-order valence-electron chi connectivity index (χ3n) is 1.68. The minimum Gasteiger partial charge on any atom is -0.318 e. The monoisotopic (exact) mass is 219 g/mol. The maximum Gasteiger partial charge on any atom is 0.151 e. The second-order valence-electron chi connectivity index (χ2n) is 2.61. The maximum absolute atomic E-state index is 10.9. The van der Waals surface area contributed by atoms with Crippen LogP contribution in [-0.4, -0.2) is 5.78 Å². The van der Waals surface area contributed by atoms with Gasteiger partial charge in [-0.25, -0.2) is 0 Å². The van der Waals surface area contributed by atoms with Crippen molar-refractivity contribution < 1.29 is 4.79 Å². The predicted molar refractivity (Wildman–Crippen MR) is 56.3 cm³/mol. The number of carbonyl (C=O) groups excluding carboxylic acids is 1. The Hall–Kier alpha value is -0.570. The van der Waals surface area contributed by atoms with Gasteiger partial charge in [-0.2, -0.15) is 0 Å². The summed E-state index contributed by atoms with van der Waals surface area (Å²) in [6.07, 6.45) is 0. The van der Waals surface area contributed by atoms with Gasteiger partial charge in [-0.05, 0) is 18.6 Å². The van der Waals surface area contributed by atoms with Gasteiger partial charge in [-0.1, -0.05) is 29.8 Å². The van der Waals surface area contributed by atoms with Crippen molar-refractivity contribution in [3.8, 4) is 0 Å². The molecule has 0 aromatic heterocycles. The summed E-state index contributed by atoms with van der Waals surface area (Å²) in [7, 11) is 0. The van der Waals surface area contributed by atoms with Gasteiger partial charge < -0.3 is 5.73 Å². The van der Waals surface area contributed by atoms with E-state index in [-0.39, 0.29) is 18.2 Å². The SMILES string of the molecule is CC(=O)C(N)c1ccccc1Cl.Cl. The largest absolute Gasteiger partial charge is 0.318 e. The molecule has 1 aromatic rings. The van der Waals surface area contributed by atoms with Crippen LogP contribution in [0.2, 0.25) is 5.02 Å². The number of carbonyl (C=O) groups is 1. The van der Waals surface area contributed by atoms with E-state index in [1.54, 1.807) is 18.2 Å². The molecule has 0 aliphatic heterocycles. The van der Waals surface area contributed by atoms with E-state index in [2.05, 4.69) is 0 Å². The van der Waals surface area contributed by atoms with Crippen LogP contribution in [0.5, 0.6) is 0 Å². The Labute approximate surface area is 88.5 Å². The van der Waals surface area contributed by atoms with Gasteiger partial charge in [0.25, 0.3) is 0 Å². The molecule has 0 aliphatic rings. The number of Topliss-reactive ketones (excluding diaryl/α,β-unsaturated/α-hetero) is 1. The second kappa shape index (κ2) is 5.22. The van der Waals surface area contributed by atoms with E-state index in [0.29, 0.717) is 10.6 Å². The molecule has 0 saturated carbocycles. The lowest BCUT2D eigenvalue weighted by atomic mass is 10.1. The average Bonchev–Trinajstić information content (AvgIpc) is 2.04. The van der Waals surface area contributed by atoms with Crippen molar-refractivity contribution in [2.24, 2.45) is 5.73 Å². The fourth-order valence-electron chi connectivity index (χ4n) is 0.946. The molecule has 0 spiro atoms. The van der Waals surface area contributed by atoms with Gasteiger partial charge >= 0.3 is 0 Å². The first-order chi connectivity index (χ1) is 5.63. The zero-order valence-corrected chi connectivity index (χ0v) is 8.73. The number of hydrogen-bond donors (Lipinski definition) is 1. The standard InChI is InChI=1S/C9H10ClNO.ClH/c1-6(12)9(11)7-4-2-3-5-8(7)10;/h2-5,9H,11H2,1H3;1H. The van der Waals surface area contributed by atoms with Gasteiger partial charge in [0, 0.05) is 5.02 Å². The molecule has 0 fully saturated rings. The number of benzene rings is 1. The molecular formula is C9H11Cl2NO. The van der Waals surface area contributed by atoms with Crippen LogP contribution in [0, 0.1) is 0 Å². The van der Waals surface area contributed by atoms with E-state index in [1.165, 1.54) is 6.92 Å². The van der Waals surface area contributed by atoms with E-state index in [4.69, 9.17) is 17.3 Å². The van der Waals surface area contributed by atoms with E-state index in [9.17, 15) is 4.79 Å². The summed E-state index contributed by atoms with van der Waals surface area (Å²) < 4.78 is 0. The minimum atomic E-state index is -0.598. The quantitative estimate of drug-likeness (QED) is 0.831. The molecule has 0 saturated heterocycles. The molecule has 1 rings (SSSR count). The number of nitrogens with two attached hydrogens (primary N) is 1. The molecule has 1 aromatic carbocycles. The van der Waals surface area contributed by atoms with Crippen molar-refractivity contribution in [1.82, 2.24) is 0 Å². The smallest absolute Gasteiger partial charge is 0.151 e. The number of hydrogen-bond acceptors (Lipinski definition) is 2. The van der Waals surface area contributed by atoms with E-state index in [0.717, 1.165) is 0 Å². The molecule has 1 unspecified atom stereocenters. The molecule has 0 radical (unpaired) electrons. The Bertz CT molecular complexity index is 301. The van der Waals surface area contributed by atoms with Crippen molar-refractivity contribution >= 4 is 29.8 Å². The van der Waals surface area contributed by atoms with E-state index in [1.807, 2.05) is 6.07 Å². The van der Waals surface area contributed by atoms with Gasteiger partial charge in [-0.3, -0.25) is 4.79 Å². The van der Waals surface area contributed by atoms with Crippen LogP contribution >= 0.6 is 24.0 Å². The van der Waals surface area contributed by atoms with Crippen LogP contribution in [0.1, 0.15) is 18.5 Å². The highest BCUT2D eigenvalue weighted by Crippen LogP contribution is 2.21. The molecule has 4 heteroatoms. The van der Waals surface area contributed by atoms with Gasteiger partial charge in [0.15, 0.2) is 5.78 Å². The summed E-state index contributed by atoms with van der Waals surface area (Å²) in [6, 6.07) is 6.50. The van der Waals surface area contributed by atoms with Crippen LogP contribution in [0.4, 0.5) is 0 Å². The lowest BCUT2D eigenvalue weighted by Gasteiger charge is -2.08. The normalized spacial score (nSPS) is 11.6. The Morgan fingerprint density at radius 3 is 2.46 bits per heavy atom. The summed E-state index contributed by atoms with van der Waals surface area (Å²) in [5.41, 5.74) is 6.29. The Kier molecular flexibility index (Phi) is 4.99. The molecule has 0 bridgehead atoms. The van der Waals surface area contributed by atoms with Crippen molar-refractivity contribution in [3.63, 3.8) is 0 Å². The highest BCUT2D eigenvalue weighted by atomic mass is 35.5. The van der Waals surface area contributed by atoms with Crippen LogP contribution in [0.25, 0.3) is 0 Å². The van der Waals surface area contributed by atoms with Gasteiger partial charge in [0.1, 0.15) is 0 Å². The summed E-state index contributed by atoms with van der Waals surface area (Å²) in [6.45, 7) is 1.45. The third-order valence-corrected chi connectivity index (χ3v) is 2.02. The summed E-state index contributed by atoms with van der Waals surface area (Å²) in [5.74, 6) is -0.0805. The fraction of sp³-hybridized carbons (Fsp3) is 0.222. The van der Waals surface area contributed by atoms with Gasteiger partial charge in [0.2, 0.25) is 0 Å². The molecular weight excluding hydrogens is 209 g/mol. The number of ketones is 1. The first-order valence-corrected chi connectivity index (χ1v) is 4.01. The molecule has 2 nitrogen and oxygen atoms in total. The van der Waals surface area contributed by atoms with Crippen molar-refractivity contribution in [3.05, 3.63) is 34.9 Å². The molecule has 72 valence electrons. The van der Waals surface area contributed by atoms with Crippen LogP contribution < -0.4 is 5.73 Å². The zero-order valence-electron chi connectivity index (χ0n) is 7.16. The predicted octanol–water partition coefficient (Wildman–Crippen LogP) is 2.35. The lowest BCUT2D eigenvalue weighted by Crippen LogP contribution is -2.18. The van der Waals surface area contributed by atoms with E-state index < -0.39 is 6.04 Å². The number of rotatable bonds is 2. The number of halogens is 2. The summed E-state index contributed by atoms with van der Waals surface area (Å²) in [5, 5.41) is 0.542. The van der Waals surface area contributed by atoms with Crippen LogP contribution in [0.15, 0.2) is 24.3 Å².